The first-order valence-electron chi connectivity index (χ1n) is 9.49. The van der Waals surface area contributed by atoms with Crippen molar-refractivity contribution in [1.82, 2.24) is 19.5 Å². The number of aryl methyl sites for hydroxylation is 1. The van der Waals surface area contributed by atoms with E-state index in [1.165, 1.54) is 4.52 Å². The molecule has 1 fully saturated rings. The number of carbonyl (C=O) groups excluding carboxylic acids is 1. The summed E-state index contributed by atoms with van der Waals surface area (Å²) in [5.74, 6) is 0.817. The van der Waals surface area contributed by atoms with Crippen LogP contribution in [0.1, 0.15) is 41.4 Å². The third-order valence-electron chi connectivity index (χ3n) is 5.53. The van der Waals surface area contributed by atoms with Crippen molar-refractivity contribution in [3.8, 4) is 5.75 Å². The van der Waals surface area contributed by atoms with E-state index in [2.05, 4.69) is 10.1 Å². The number of carbonyl (C=O) groups is 1. The van der Waals surface area contributed by atoms with Gasteiger partial charge in [-0.15, -0.1) is 0 Å². The van der Waals surface area contributed by atoms with Gasteiger partial charge in [-0.3, -0.25) is 14.7 Å². The van der Waals surface area contributed by atoms with Gasteiger partial charge in [-0.25, -0.2) is 9.50 Å². The van der Waals surface area contributed by atoms with Crippen LogP contribution in [0.15, 0.2) is 35.1 Å². The van der Waals surface area contributed by atoms with Crippen molar-refractivity contribution in [2.45, 2.75) is 39.2 Å². The molecule has 3 heterocycles. The van der Waals surface area contributed by atoms with E-state index >= 15 is 0 Å². The Hall–Kier alpha value is -3.09. The molecule has 0 unspecified atom stereocenters. The highest BCUT2D eigenvalue weighted by atomic mass is 16.5. The van der Waals surface area contributed by atoms with Gasteiger partial charge in [0.25, 0.3) is 5.56 Å². The summed E-state index contributed by atoms with van der Waals surface area (Å²) >= 11 is 0. The van der Waals surface area contributed by atoms with E-state index in [1.54, 1.807) is 14.0 Å². The summed E-state index contributed by atoms with van der Waals surface area (Å²) in [7, 11) is 1.62. The lowest BCUT2D eigenvalue weighted by Crippen LogP contribution is -2.32. The molecule has 0 aliphatic carbocycles. The molecule has 3 aromatic rings. The third-order valence-corrected chi connectivity index (χ3v) is 5.53. The zero-order valence-corrected chi connectivity index (χ0v) is 16.4. The number of nitrogens with zero attached hydrogens (tertiary/aromatic N) is 3. The lowest BCUT2D eigenvalue weighted by atomic mass is 10.1. The average molecular weight is 380 g/mol. The first kappa shape index (κ1) is 18.3. The Bertz CT molecular complexity index is 1100. The minimum Gasteiger partial charge on any atom is -0.497 e. The number of nitrogens with one attached hydrogen (secondary N) is 1. The Labute approximate surface area is 162 Å². The summed E-state index contributed by atoms with van der Waals surface area (Å²) in [6.45, 7) is 4.32. The first-order valence-corrected chi connectivity index (χ1v) is 9.49. The molecule has 1 aliphatic rings. The molecule has 4 rings (SSSR count). The normalized spacial score (nSPS) is 16.7. The molecule has 1 aliphatic heterocycles. The number of ether oxygens (including phenoxy) is 1. The van der Waals surface area contributed by atoms with Gasteiger partial charge in [0.05, 0.1) is 25.3 Å². The van der Waals surface area contributed by atoms with Crippen LogP contribution in [-0.2, 0) is 11.2 Å². The summed E-state index contributed by atoms with van der Waals surface area (Å²) in [6.07, 6.45) is 2.12. The van der Waals surface area contributed by atoms with Crippen LogP contribution in [0.5, 0.6) is 5.75 Å². The summed E-state index contributed by atoms with van der Waals surface area (Å²) in [6, 6.07) is 9.40. The van der Waals surface area contributed by atoms with Gasteiger partial charge in [0.1, 0.15) is 5.75 Å². The number of benzene rings is 1. The zero-order valence-electron chi connectivity index (χ0n) is 16.4. The molecule has 7 heteroatoms. The fourth-order valence-electron chi connectivity index (χ4n) is 3.86. The van der Waals surface area contributed by atoms with Gasteiger partial charge in [-0.05, 0) is 44.4 Å². The van der Waals surface area contributed by atoms with E-state index < -0.39 is 0 Å². The minimum atomic E-state index is -0.0963. The van der Waals surface area contributed by atoms with Gasteiger partial charge in [-0.2, -0.15) is 0 Å². The van der Waals surface area contributed by atoms with Crippen molar-refractivity contribution in [1.29, 1.82) is 0 Å². The number of aromatic amines is 1. The molecule has 7 nitrogen and oxygen atoms in total. The second kappa shape index (κ2) is 7.14. The van der Waals surface area contributed by atoms with E-state index in [0.717, 1.165) is 35.5 Å². The fourth-order valence-corrected chi connectivity index (χ4v) is 3.86. The Morgan fingerprint density at radius 1 is 1.32 bits per heavy atom. The van der Waals surface area contributed by atoms with Crippen LogP contribution in [0.3, 0.4) is 0 Å². The van der Waals surface area contributed by atoms with Crippen molar-refractivity contribution in [3.05, 3.63) is 63.2 Å². The molecule has 28 heavy (non-hydrogen) atoms. The Morgan fingerprint density at radius 3 is 2.93 bits per heavy atom. The van der Waals surface area contributed by atoms with Crippen LogP contribution >= 0.6 is 0 Å². The van der Waals surface area contributed by atoms with Crippen LogP contribution in [0, 0.1) is 13.8 Å². The highest BCUT2D eigenvalue weighted by Gasteiger charge is 2.31. The number of H-pyrrole nitrogens is 1. The maximum absolute atomic E-state index is 13.0. The first-order chi connectivity index (χ1) is 13.5. The van der Waals surface area contributed by atoms with Crippen LogP contribution < -0.4 is 10.3 Å². The second-order valence-electron chi connectivity index (χ2n) is 7.31. The summed E-state index contributed by atoms with van der Waals surface area (Å²) in [5, 5.41) is 3.17. The number of hydrogen-bond acceptors (Lipinski definition) is 4. The molecule has 0 spiro atoms. The molecule has 0 saturated carbocycles. The smallest absolute Gasteiger partial charge is 0.275 e. The molecule has 1 atom stereocenters. The van der Waals surface area contributed by atoms with Gasteiger partial charge in [0, 0.05) is 23.9 Å². The maximum atomic E-state index is 13.0. The monoisotopic (exact) mass is 380 g/mol. The number of amides is 1. The van der Waals surface area contributed by atoms with Gasteiger partial charge in [0.2, 0.25) is 5.91 Å². The van der Waals surface area contributed by atoms with Crippen molar-refractivity contribution < 1.29 is 9.53 Å². The Kier molecular flexibility index (Phi) is 4.66. The SMILES string of the molecule is COc1cccc(CC(=O)N2CCC[C@@H]2c2cc3nc(C)c(C)c(=O)n3[nH]2)c1. The van der Waals surface area contributed by atoms with Gasteiger partial charge >= 0.3 is 0 Å². The summed E-state index contributed by atoms with van der Waals surface area (Å²) < 4.78 is 6.72. The number of fused-ring (bicyclic) bond motifs is 1. The van der Waals surface area contributed by atoms with Crippen LogP contribution in [0.4, 0.5) is 0 Å². The predicted octanol–water partition coefficient (Wildman–Crippen LogP) is 2.55. The lowest BCUT2D eigenvalue weighted by Gasteiger charge is -2.24. The zero-order chi connectivity index (χ0) is 19.8. The molecule has 0 bridgehead atoms. The Morgan fingerprint density at radius 2 is 2.14 bits per heavy atom. The van der Waals surface area contributed by atoms with Crippen molar-refractivity contribution in [2.24, 2.45) is 0 Å². The number of hydrogen-bond donors (Lipinski definition) is 1. The molecule has 1 saturated heterocycles. The van der Waals surface area contributed by atoms with E-state index in [1.807, 2.05) is 42.2 Å². The maximum Gasteiger partial charge on any atom is 0.275 e. The second-order valence-corrected chi connectivity index (χ2v) is 7.31. The lowest BCUT2D eigenvalue weighted by molar-refractivity contribution is -0.131. The minimum absolute atomic E-state index is 0.0696. The standard InChI is InChI=1S/C21H24N4O3/c1-13-14(2)22-19-12-17(23-25(19)21(13)27)18-8-5-9-24(18)20(26)11-15-6-4-7-16(10-15)28-3/h4,6-7,10,12,18,23H,5,8-9,11H2,1-3H3/t18-/m1/s1. The predicted molar refractivity (Wildman–Crippen MR) is 106 cm³/mol. The van der Waals surface area contributed by atoms with Gasteiger partial charge in [-0.1, -0.05) is 12.1 Å². The van der Waals surface area contributed by atoms with E-state index in [-0.39, 0.29) is 17.5 Å². The summed E-state index contributed by atoms with van der Waals surface area (Å²) in [5.41, 5.74) is 3.63. The number of likely N-dealkylation sites (tertiary alicyclic amines) is 1. The van der Waals surface area contributed by atoms with Crippen molar-refractivity contribution in [3.63, 3.8) is 0 Å². The largest absolute Gasteiger partial charge is 0.497 e. The number of rotatable bonds is 4. The van der Waals surface area contributed by atoms with Crippen LogP contribution in [-0.4, -0.2) is 39.1 Å². The quantitative estimate of drug-likeness (QED) is 0.754. The van der Waals surface area contributed by atoms with Crippen LogP contribution in [0.2, 0.25) is 0 Å². The topological polar surface area (TPSA) is 79.7 Å². The Balaban J connectivity index is 1.61. The molecule has 0 radical (unpaired) electrons. The van der Waals surface area contributed by atoms with Crippen molar-refractivity contribution in [2.75, 3.05) is 13.7 Å². The van der Waals surface area contributed by atoms with E-state index in [4.69, 9.17) is 4.74 Å². The third kappa shape index (κ3) is 3.17. The van der Waals surface area contributed by atoms with E-state index in [9.17, 15) is 9.59 Å². The molecule has 2 aromatic heterocycles. The van der Waals surface area contributed by atoms with E-state index in [0.29, 0.717) is 24.2 Å². The number of methoxy groups -OCH3 is 1. The fraction of sp³-hybridized carbons (Fsp3) is 0.381. The molecule has 1 aromatic carbocycles. The van der Waals surface area contributed by atoms with Crippen LogP contribution in [0.25, 0.3) is 5.65 Å². The highest BCUT2D eigenvalue weighted by molar-refractivity contribution is 5.79. The number of aromatic nitrogens is 3. The molecular formula is C21H24N4O3. The van der Waals surface area contributed by atoms with Crippen molar-refractivity contribution >= 4 is 11.6 Å². The molecular weight excluding hydrogens is 356 g/mol. The molecule has 146 valence electrons. The van der Waals surface area contributed by atoms with Gasteiger partial charge in [0.15, 0.2) is 5.65 Å². The molecule has 1 amide bonds. The molecule has 1 N–H and O–H groups in total. The highest BCUT2D eigenvalue weighted by Crippen LogP contribution is 2.32. The summed E-state index contributed by atoms with van der Waals surface area (Å²) in [4.78, 5) is 31.9. The van der Waals surface area contributed by atoms with Gasteiger partial charge < -0.3 is 9.64 Å². The average Bonchev–Trinajstić information content (AvgIpc) is 3.33.